The Morgan fingerprint density at radius 1 is 1.11 bits per heavy atom. The van der Waals surface area contributed by atoms with Crippen molar-refractivity contribution in [1.29, 1.82) is 0 Å². The lowest BCUT2D eigenvalue weighted by molar-refractivity contribution is -0.122. The Hall–Kier alpha value is -4.45. The lowest BCUT2D eigenvalue weighted by atomic mass is 9.96. The number of benzene rings is 1. The maximum Gasteiger partial charge on any atom is 0.290 e. The molecule has 0 amide bonds. The van der Waals surface area contributed by atoms with Gasteiger partial charge in [-0.15, -0.1) is 10.2 Å². The minimum atomic E-state index is -0.252. The molecule has 12 heteroatoms. The summed E-state index contributed by atoms with van der Waals surface area (Å²) in [6.45, 7) is 3.97. The van der Waals surface area contributed by atoms with Gasteiger partial charge in [0.2, 0.25) is 0 Å². The van der Waals surface area contributed by atoms with Crippen LogP contribution in [0, 0.1) is 5.82 Å². The van der Waals surface area contributed by atoms with Crippen LogP contribution in [0.3, 0.4) is 0 Å². The summed E-state index contributed by atoms with van der Waals surface area (Å²) >= 11 is 0. The maximum absolute atomic E-state index is 14.8. The molecule has 1 fully saturated rings. The zero-order chi connectivity index (χ0) is 26.1. The number of nitrogens with zero attached hydrogens (tertiary/aromatic N) is 5. The summed E-state index contributed by atoms with van der Waals surface area (Å²) in [5.74, 6) is 2.68. The van der Waals surface area contributed by atoms with Crippen LogP contribution >= 0.6 is 0 Å². The van der Waals surface area contributed by atoms with E-state index in [4.69, 9.17) is 29.1 Å². The molecule has 0 radical (unpaired) electrons. The molecule has 1 atom stereocenters. The summed E-state index contributed by atoms with van der Waals surface area (Å²) in [6.07, 6.45) is 3.49. The lowest BCUT2D eigenvalue weighted by Crippen LogP contribution is -2.36. The maximum atomic E-state index is 14.8. The van der Waals surface area contributed by atoms with Gasteiger partial charge >= 0.3 is 0 Å². The van der Waals surface area contributed by atoms with Crippen LogP contribution in [0.2, 0.25) is 0 Å². The van der Waals surface area contributed by atoms with E-state index >= 15 is 0 Å². The molecule has 0 saturated carbocycles. The van der Waals surface area contributed by atoms with Gasteiger partial charge in [0.15, 0.2) is 17.2 Å². The second-order valence-corrected chi connectivity index (χ2v) is 9.02. The largest absolute Gasteiger partial charge is 0.493 e. The number of halogens is 1. The van der Waals surface area contributed by atoms with Crippen LogP contribution < -0.4 is 19.7 Å². The molecule has 6 heterocycles. The first-order chi connectivity index (χ1) is 18.7. The highest BCUT2D eigenvalue weighted by Crippen LogP contribution is 2.41. The van der Waals surface area contributed by atoms with Gasteiger partial charge in [-0.2, -0.15) is 0 Å². The zero-order valence-electron chi connectivity index (χ0n) is 20.3. The third-order valence-electron chi connectivity index (χ3n) is 6.91. The molecule has 0 aliphatic carbocycles. The number of pyridine rings is 2. The normalized spacial score (nSPS) is 17.8. The van der Waals surface area contributed by atoms with Gasteiger partial charge in [-0.3, -0.25) is 9.20 Å². The minimum absolute atomic E-state index is 0.0435. The summed E-state index contributed by atoms with van der Waals surface area (Å²) in [7, 11) is 0. The van der Waals surface area contributed by atoms with E-state index in [0.29, 0.717) is 55.8 Å². The van der Waals surface area contributed by atoms with Crippen LogP contribution in [0.25, 0.3) is 16.8 Å². The highest BCUT2D eigenvalue weighted by Gasteiger charge is 2.31. The number of hydrogen-bond acceptors (Lipinski definition) is 9. The quantitative estimate of drug-likeness (QED) is 0.381. The van der Waals surface area contributed by atoms with E-state index in [9.17, 15) is 4.39 Å². The Labute approximate surface area is 216 Å². The summed E-state index contributed by atoms with van der Waals surface area (Å²) in [5.41, 5.74) is 3.92. The Kier molecular flexibility index (Phi) is 6.38. The molecule has 1 aromatic carbocycles. The minimum Gasteiger partial charge on any atom is -0.493 e. The predicted molar refractivity (Wildman–Crippen MR) is 135 cm³/mol. The number of rotatable bonds is 2. The van der Waals surface area contributed by atoms with E-state index in [-0.39, 0.29) is 18.2 Å². The van der Waals surface area contributed by atoms with E-state index in [1.165, 1.54) is 6.07 Å². The molecule has 1 saturated heterocycles. The standard InChI is InChI=1S/C25H23FN6O3.CH2O2/c26-19-2-3-20-23-16(12-34-20)13-35-21-9-17(24-30-29-14-32(24)25(21)28-11-18(19)23)15-1-4-22(27-10-15)31-5-7-33-8-6-31;2-1-3/h1-4,9-10,14,16,28H,5-8,11-13H2;1H,(H,2,3)/t16-;/m1./s1. The van der Waals surface area contributed by atoms with E-state index in [1.54, 1.807) is 12.4 Å². The summed E-state index contributed by atoms with van der Waals surface area (Å²) < 4.78 is 34.2. The van der Waals surface area contributed by atoms with Crippen molar-refractivity contribution in [3.05, 3.63) is 59.8 Å². The highest BCUT2D eigenvalue weighted by molar-refractivity contribution is 5.82. The Balaban J connectivity index is 0.000000843. The smallest absolute Gasteiger partial charge is 0.290 e. The number of carbonyl (C=O) groups is 1. The van der Waals surface area contributed by atoms with Crippen molar-refractivity contribution in [3.8, 4) is 22.6 Å². The molecule has 3 aliphatic rings. The van der Waals surface area contributed by atoms with E-state index < -0.39 is 0 Å². The number of fused-ring (bicyclic) bond motifs is 3. The van der Waals surface area contributed by atoms with Crippen LogP contribution in [0.4, 0.5) is 16.0 Å². The number of morpholine rings is 1. The summed E-state index contributed by atoms with van der Waals surface area (Å²) in [4.78, 5) is 15.3. The van der Waals surface area contributed by atoms with Gasteiger partial charge < -0.3 is 29.5 Å². The first-order valence-electron chi connectivity index (χ1n) is 12.2. The molecule has 3 aromatic heterocycles. The summed E-state index contributed by atoms with van der Waals surface area (Å²) in [5, 5.41) is 18.8. The molecular weight excluding hydrogens is 495 g/mol. The highest BCUT2D eigenvalue weighted by atomic mass is 19.1. The first-order valence-corrected chi connectivity index (χ1v) is 12.2. The van der Waals surface area contributed by atoms with Crippen molar-refractivity contribution in [1.82, 2.24) is 19.6 Å². The Morgan fingerprint density at radius 2 is 1.89 bits per heavy atom. The van der Waals surface area contributed by atoms with Gasteiger partial charge in [0.25, 0.3) is 6.47 Å². The van der Waals surface area contributed by atoms with Crippen LogP contribution in [0.5, 0.6) is 11.5 Å². The van der Waals surface area contributed by atoms with Crippen LogP contribution in [0.15, 0.2) is 42.9 Å². The molecule has 0 unspecified atom stereocenters. The third-order valence-corrected chi connectivity index (χ3v) is 6.91. The van der Waals surface area contributed by atoms with E-state index in [0.717, 1.165) is 41.3 Å². The van der Waals surface area contributed by atoms with E-state index in [2.05, 4.69) is 20.4 Å². The Morgan fingerprint density at radius 3 is 2.66 bits per heavy atom. The van der Waals surface area contributed by atoms with Crippen molar-refractivity contribution in [2.45, 2.75) is 12.5 Å². The molecule has 196 valence electrons. The fourth-order valence-corrected chi connectivity index (χ4v) is 5.12. The SMILES string of the molecule is Fc1ccc2c3c1CNc1c(cc(-c4ccc(N5CCOCC5)nc4)c4nncn14)OC[C@H]3CO2.O=CO. The number of aromatic nitrogens is 4. The molecule has 3 aliphatic heterocycles. The molecule has 38 heavy (non-hydrogen) atoms. The molecule has 4 aromatic rings. The fraction of sp³-hybridized carbons (Fsp3) is 0.308. The number of carboxylic acid groups (broad SMARTS) is 1. The molecule has 7 rings (SSSR count). The van der Waals surface area contributed by atoms with Crippen LogP contribution in [-0.2, 0) is 16.1 Å². The molecule has 0 bridgehead atoms. The van der Waals surface area contributed by atoms with Crippen LogP contribution in [0.1, 0.15) is 17.0 Å². The number of hydrogen-bond donors (Lipinski definition) is 2. The van der Waals surface area contributed by atoms with Gasteiger partial charge in [0.05, 0.1) is 32.3 Å². The van der Waals surface area contributed by atoms with Gasteiger partial charge in [-0.1, -0.05) is 0 Å². The van der Waals surface area contributed by atoms with Crippen LogP contribution in [-0.4, -0.2) is 70.7 Å². The predicted octanol–water partition coefficient (Wildman–Crippen LogP) is 2.95. The van der Waals surface area contributed by atoms with Crippen molar-refractivity contribution in [3.63, 3.8) is 0 Å². The Bertz CT molecular complexity index is 1470. The van der Waals surface area contributed by atoms with Gasteiger partial charge in [0, 0.05) is 48.1 Å². The average molecular weight is 521 g/mol. The first kappa shape index (κ1) is 23.9. The molecule has 11 nitrogen and oxygen atoms in total. The van der Waals surface area contributed by atoms with E-state index in [1.807, 2.05) is 28.8 Å². The average Bonchev–Trinajstić information content (AvgIpc) is 3.61. The number of anilines is 2. The van der Waals surface area contributed by atoms with Gasteiger partial charge in [0.1, 0.15) is 23.7 Å². The van der Waals surface area contributed by atoms with Crippen molar-refractivity contribution in [2.75, 3.05) is 49.7 Å². The lowest BCUT2D eigenvalue weighted by Gasteiger charge is -2.27. The monoisotopic (exact) mass is 520 g/mol. The molecular formula is C26H25FN6O5. The second kappa shape index (κ2) is 10.1. The second-order valence-electron chi connectivity index (χ2n) is 9.02. The zero-order valence-corrected chi connectivity index (χ0v) is 20.3. The molecule has 2 N–H and O–H groups in total. The van der Waals surface area contributed by atoms with Gasteiger partial charge in [-0.25, -0.2) is 9.37 Å². The van der Waals surface area contributed by atoms with Crippen molar-refractivity contribution >= 4 is 23.8 Å². The third kappa shape index (κ3) is 4.22. The number of ether oxygens (including phenoxy) is 3. The van der Waals surface area contributed by atoms with Crippen molar-refractivity contribution < 1.29 is 28.5 Å². The number of nitrogens with one attached hydrogen (secondary N) is 1. The fourth-order valence-electron chi connectivity index (χ4n) is 5.12. The van der Waals surface area contributed by atoms with Gasteiger partial charge in [-0.05, 0) is 30.3 Å². The summed E-state index contributed by atoms with van der Waals surface area (Å²) in [6, 6.07) is 9.18. The topological polar surface area (TPSA) is 123 Å². The molecule has 0 spiro atoms. The van der Waals surface area contributed by atoms with Crippen molar-refractivity contribution in [2.24, 2.45) is 0 Å².